The molecule has 1 aliphatic rings. The summed E-state index contributed by atoms with van der Waals surface area (Å²) < 4.78 is 13.5. The van der Waals surface area contributed by atoms with Crippen molar-refractivity contribution in [2.45, 2.75) is 25.0 Å². The maximum atomic E-state index is 11.2. The third-order valence-corrected chi connectivity index (χ3v) is 7.72. The average Bonchev–Trinajstić information content (AvgIpc) is 3.53. The Balaban J connectivity index is 1.28. The minimum absolute atomic E-state index is 0.708. The molecule has 0 spiro atoms. The first-order chi connectivity index (χ1) is 18.1. The number of ether oxygens (including phenoxy) is 2. The van der Waals surface area contributed by atoms with Gasteiger partial charge in [0.2, 0.25) is 0 Å². The van der Waals surface area contributed by atoms with E-state index in [9.17, 15) is 5.11 Å². The van der Waals surface area contributed by atoms with Crippen LogP contribution < -0.4 is 9.47 Å². The van der Waals surface area contributed by atoms with Crippen LogP contribution in [0, 0.1) is 0 Å². The molecule has 3 aromatic heterocycles. The number of pyridine rings is 1. The Kier molecular flexibility index (Phi) is 6.10. The number of aliphatic hydroxyl groups is 1. The van der Waals surface area contributed by atoms with Crippen LogP contribution in [-0.4, -0.2) is 58.4 Å². The van der Waals surface area contributed by atoms with Gasteiger partial charge in [-0.2, -0.15) is 0 Å². The highest BCUT2D eigenvalue weighted by Crippen LogP contribution is 2.39. The van der Waals surface area contributed by atoms with Gasteiger partial charge in [0, 0.05) is 66.7 Å². The van der Waals surface area contributed by atoms with Gasteiger partial charge in [-0.25, -0.2) is 4.98 Å². The summed E-state index contributed by atoms with van der Waals surface area (Å²) in [5, 5.41) is 13.4. The van der Waals surface area contributed by atoms with E-state index in [0.29, 0.717) is 11.5 Å². The maximum absolute atomic E-state index is 11.2. The molecule has 0 saturated carbocycles. The van der Waals surface area contributed by atoms with E-state index in [4.69, 9.17) is 9.47 Å². The number of likely N-dealkylation sites (tertiary alicyclic amines) is 1. The fourth-order valence-electron chi connectivity index (χ4n) is 5.55. The number of hydrogen-bond acceptors (Lipinski definition) is 5. The van der Waals surface area contributed by atoms with Crippen LogP contribution in [0.4, 0.5) is 0 Å². The van der Waals surface area contributed by atoms with Crippen molar-refractivity contribution in [3.8, 4) is 22.8 Å². The zero-order valence-corrected chi connectivity index (χ0v) is 21.3. The predicted molar refractivity (Wildman–Crippen MR) is 146 cm³/mol. The van der Waals surface area contributed by atoms with Gasteiger partial charge in [0.25, 0.3) is 0 Å². The van der Waals surface area contributed by atoms with Crippen LogP contribution in [-0.2, 0) is 12.1 Å². The molecule has 0 atom stereocenters. The van der Waals surface area contributed by atoms with Crippen LogP contribution >= 0.6 is 0 Å². The number of hydrogen-bond donors (Lipinski definition) is 2. The third kappa shape index (κ3) is 4.34. The van der Waals surface area contributed by atoms with Gasteiger partial charge in [-0.15, -0.1) is 0 Å². The highest BCUT2D eigenvalue weighted by atomic mass is 16.5. The zero-order valence-electron chi connectivity index (χ0n) is 21.3. The van der Waals surface area contributed by atoms with Crippen molar-refractivity contribution in [3.63, 3.8) is 0 Å². The van der Waals surface area contributed by atoms with E-state index in [1.165, 1.54) is 0 Å². The molecule has 7 heteroatoms. The molecule has 2 aromatic carbocycles. The first-order valence-electron chi connectivity index (χ1n) is 12.8. The molecule has 0 radical (unpaired) electrons. The van der Waals surface area contributed by atoms with Crippen LogP contribution in [0.1, 0.15) is 18.4 Å². The predicted octanol–water partition coefficient (Wildman–Crippen LogP) is 5.19. The van der Waals surface area contributed by atoms with Gasteiger partial charge in [0.05, 0.1) is 25.3 Å². The van der Waals surface area contributed by atoms with E-state index in [1.807, 2.05) is 36.4 Å². The van der Waals surface area contributed by atoms with Gasteiger partial charge in [-0.05, 0) is 42.7 Å². The van der Waals surface area contributed by atoms with Crippen molar-refractivity contribution >= 4 is 21.9 Å². The molecule has 0 amide bonds. The summed E-state index contributed by atoms with van der Waals surface area (Å²) in [4.78, 5) is 10.4. The topological polar surface area (TPSA) is 75.5 Å². The van der Waals surface area contributed by atoms with E-state index in [2.05, 4.69) is 49.9 Å². The van der Waals surface area contributed by atoms with Crippen LogP contribution in [0.15, 0.2) is 73.1 Å². The summed E-state index contributed by atoms with van der Waals surface area (Å²) in [5.41, 5.74) is 4.37. The molecule has 4 heterocycles. The second kappa shape index (κ2) is 9.57. The molecule has 1 aliphatic heterocycles. The largest absolute Gasteiger partial charge is 0.493 e. The van der Waals surface area contributed by atoms with Crippen LogP contribution in [0.3, 0.4) is 0 Å². The number of nitrogens with one attached hydrogen (secondary N) is 1. The molecule has 5 aromatic rings. The van der Waals surface area contributed by atoms with Gasteiger partial charge in [-0.3, -0.25) is 0 Å². The smallest absolute Gasteiger partial charge is 0.162 e. The lowest BCUT2D eigenvalue weighted by Crippen LogP contribution is -2.43. The quantitative estimate of drug-likeness (QED) is 0.325. The summed E-state index contributed by atoms with van der Waals surface area (Å²) in [6.07, 6.45) is 5.49. The number of H-pyrrole nitrogens is 1. The lowest BCUT2D eigenvalue weighted by atomic mass is 9.84. The van der Waals surface area contributed by atoms with Gasteiger partial charge in [0.15, 0.2) is 11.5 Å². The molecule has 6 rings (SSSR count). The van der Waals surface area contributed by atoms with Crippen molar-refractivity contribution in [1.82, 2.24) is 19.4 Å². The second-order valence-electron chi connectivity index (χ2n) is 9.82. The molecular weight excluding hydrogens is 464 g/mol. The van der Waals surface area contributed by atoms with Crippen molar-refractivity contribution in [2.24, 2.45) is 0 Å². The zero-order chi connectivity index (χ0) is 25.4. The molecule has 190 valence electrons. The Morgan fingerprint density at radius 1 is 0.946 bits per heavy atom. The van der Waals surface area contributed by atoms with E-state index >= 15 is 0 Å². The molecule has 1 saturated heterocycles. The van der Waals surface area contributed by atoms with Crippen molar-refractivity contribution in [3.05, 3.63) is 78.6 Å². The molecule has 37 heavy (non-hydrogen) atoms. The van der Waals surface area contributed by atoms with E-state index in [-0.39, 0.29) is 0 Å². The second-order valence-corrected chi connectivity index (χ2v) is 9.82. The molecule has 7 nitrogen and oxygen atoms in total. The summed E-state index contributed by atoms with van der Waals surface area (Å²) in [5.74, 6) is 1.42. The number of piperidine rings is 1. The lowest BCUT2D eigenvalue weighted by Gasteiger charge is -2.38. The number of benzene rings is 2. The highest BCUT2D eigenvalue weighted by Gasteiger charge is 2.33. The number of rotatable bonds is 7. The fraction of sp³-hybridized carbons (Fsp3) is 0.300. The Morgan fingerprint density at radius 2 is 1.70 bits per heavy atom. The standard InChI is InChI=1S/C30H32N4O3/c1-36-27-18-23-24(25-17-21-7-6-12-31-29(21)32-25)20-34(26(23)19-28(27)37-2)16-15-33-13-10-30(35,11-14-33)22-8-4-3-5-9-22/h3-9,12,17-20,35H,10-11,13-16H2,1-2H3,(H,31,32). The minimum Gasteiger partial charge on any atom is -0.493 e. The first-order valence-corrected chi connectivity index (χ1v) is 12.8. The van der Waals surface area contributed by atoms with E-state index < -0.39 is 5.60 Å². The first kappa shape index (κ1) is 23.6. The van der Waals surface area contributed by atoms with Crippen LogP contribution in [0.25, 0.3) is 33.2 Å². The van der Waals surface area contributed by atoms with Gasteiger partial charge < -0.3 is 29.0 Å². The Hall–Kier alpha value is -3.81. The highest BCUT2D eigenvalue weighted by molar-refractivity contribution is 5.99. The number of aromatic amines is 1. The number of nitrogens with zero attached hydrogens (tertiary/aromatic N) is 3. The fourth-order valence-corrected chi connectivity index (χ4v) is 5.55. The summed E-state index contributed by atoms with van der Waals surface area (Å²) in [6, 6.07) is 20.3. The average molecular weight is 497 g/mol. The van der Waals surface area contributed by atoms with Gasteiger partial charge >= 0.3 is 0 Å². The molecule has 0 bridgehead atoms. The van der Waals surface area contributed by atoms with Gasteiger partial charge in [0.1, 0.15) is 5.65 Å². The summed E-state index contributed by atoms with van der Waals surface area (Å²) >= 11 is 0. The Bertz CT molecular complexity index is 1500. The summed E-state index contributed by atoms with van der Waals surface area (Å²) in [6.45, 7) is 3.45. The van der Waals surface area contributed by atoms with Gasteiger partial charge in [-0.1, -0.05) is 30.3 Å². The maximum Gasteiger partial charge on any atom is 0.162 e. The van der Waals surface area contributed by atoms with Crippen LogP contribution in [0.5, 0.6) is 11.5 Å². The van der Waals surface area contributed by atoms with Crippen molar-refractivity contribution in [1.29, 1.82) is 0 Å². The van der Waals surface area contributed by atoms with Crippen LogP contribution in [0.2, 0.25) is 0 Å². The SMILES string of the molecule is COc1cc2c(-c3cc4cccnc4[nH]3)cn(CCN3CCC(O)(c4ccccc4)CC3)c2cc1OC. The Labute approximate surface area is 216 Å². The van der Waals surface area contributed by atoms with Crippen molar-refractivity contribution in [2.75, 3.05) is 33.9 Å². The molecule has 1 fully saturated rings. The number of methoxy groups -OCH3 is 2. The lowest BCUT2D eigenvalue weighted by molar-refractivity contribution is -0.0263. The van der Waals surface area contributed by atoms with E-state index in [0.717, 1.165) is 77.8 Å². The minimum atomic E-state index is -0.737. The van der Waals surface area contributed by atoms with Crippen molar-refractivity contribution < 1.29 is 14.6 Å². The molecule has 0 unspecified atom stereocenters. The normalized spacial score (nSPS) is 15.9. The monoisotopic (exact) mass is 496 g/mol. The number of aromatic nitrogens is 3. The molecule has 0 aliphatic carbocycles. The van der Waals surface area contributed by atoms with E-state index in [1.54, 1.807) is 20.4 Å². The molecular formula is C30H32N4O3. The molecule has 2 N–H and O–H groups in total. The summed E-state index contributed by atoms with van der Waals surface area (Å²) in [7, 11) is 3.34. The Morgan fingerprint density at radius 3 is 2.43 bits per heavy atom. The number of fused-ring (bicyclic) bond motifs is 2. The third-order valence-electron chi connectivity index (χ3n) is 7.72.